The van der Waals surface area contributed by atoms with Gasteiger partial charge in [0.15, 0.2) is 0 Å². The third-order valence-electron chi connectivity index (χ3n) is 3.88. The molecule has 1 aliphatic heterocycles. The molecule has 1 N–H and O–H groups in total. The van der Waals surface area contributed by atoms with Crippen molar-refractivity contribution in [2.24, 2.45) is 5.92 Å². The highest BCUT2D eigenvalue weighted by molar-refractivity contribution is 5.46. The first kappa shape index (κ1) is 14.7. The highest BCUT2D eigenvalue weighted by atomic mass is 16.6. The number of piperidine rings is 1. The second-order valence-electron chi connectivity index (χ2n) is 5.26. The molecule has 6 nitrogen and oxygen atoms in total. The van der Waals surface area contributed by atoms with Gasteiger partial charge in [0.25, 0.3) is 5.69 Å². The van der Waals surface area contributed by atoms with E-state index < -0.39 is 0 Å². The molecule has 1 aromatic heterocycles. The minimum absolute atomic E-state index is 0.0895. The van der Waals surface area contributed by atoms with E-state index in [1.54, 1.807) is 19.1 Å². The molecule has 0 atom stereocenters. The summed E-state index contributed by atoms with van der Waals surface area (Å²) >= 11 is 0. The molecule has 110 valence electrons. The molecule has 1 aromatic rings. The van der Waals surface area contributed by atoms with Crippen LogP contribution in [0.2, 0.25) is 0 Å². The molecular formula is C14H22N4O2. The van der Waals surface area contributed by atoms with Crippen molar-refractivity contribution in [3.63, 3.8) is 0 Å². The molecule has 0 spiro atoms. The van der Waals surface area contributed by atoms with Crippen LogP contribution in [0.15, 0.2) is 12.1 Å². The summed E-state index contributed by atoms with van der Waals surface area (Å²) < 4.78 is 0. The second-order valence-corrected chi connectivity index (χ2v) is 5.26. The predicted octanol–water partition coefficient (Wildman–Crippen LogP) is 2.12. The Bertz CT molecular complexity index is 472. The second kappa shape index (κ2) is 6.65. The lowest BCUT2D eigenvalue weighted by Crippen LogP contribution is -2.36. The largest absolute Gasteiger partial charge is 0.357 e. The van der Waals surface area contributed by atoms with Gasteiger partial charge >= 0.3 is 0 Å². The first-order valence-corrected chi connectivity index (χ1v) is 7.19. The van der Waals surface area contributed by atoms with Gasteiger partial charge in [0.1, 0.15) is 11.5 Å². The maximum Gasteiger partial charge on any atom is 0.290 e. The number of aromatic nitrogens is 1. The first-order chi connectivity index (χ1) is 9.61. The highest BCUT2D eigenvalue weighted by Gasteiger charge is 2.19. The number of rotatable bonds is 5. The maximum atomic E-state index is 10.8. The van der Waals surface area contributed by atoms with Crippen molar-refractivity contribution in [2.75, 3.05) is 31.1 Å². The SMILES string of the molecule is CCN(CC1CCNCC1)c1ccc([N+](=O)[O-])c(C)n1. The van der Waals surface area contributed by atoms with Gasteiger partial charge < -0.3 is 10.2 Å². The summed E-state index contributed by atoms with van der Waals surface area (Å²) in [5, 5.41) is 14.2. The van der Waals surface area contributed by atoms with Crippen LogP contribution in [0.5, 0.6) is 0 Å². The Morgan fingerprint density at radius 2 is 2.15 bits per heavy atom. The smallest absolute Gasteiger partial charge is 0.290 e. The van der Waals surface area contributed by atoms with Crippen LogP contribution >= 0.6 is 0 Å². The molecule has 2 rings (SSSR count). The molecule has 2 heterocycles. The van der Waals surface area contributed by atoms with E-state index in [-0.39, 0.29) is 10.6 Å². The maximum absolute atomic E-state index is 10.8. The zero-order valence-corrected chi connectivity index (χ0v) is 12.1. The highest BCUT2D eigenvalue weighted by Crippen LogP contribution is 2.22. The van der Waals surface area contributed by atoms with Gasteiger partial charge in [0.2, 0.25) is 0 Å². The van der Waals surface area contributed by atoms with Gasteiger partial charge in [-0.1, -0.05) is 0 Å². The molecular weight excluding hydrogens is 256 g/mol. The van der Waals surface area contributed by atoms with Crippen molar-refractivity contribution in [3.05, 3.63) is 27.9 Å². The molecule has 0 saturated carbocycles. The first-order valence-electron chi connectivity index (χ1n) is 7.19. The summed E-state index contributed by atoms with van der Waals surface area (Å²) in [5.41, 5.74) is 0.572. The van der Waals surface area contributed by atoms with Crippen LogP contribution < -0.4 is 10.2 Å². The van der Waals surface area contributed by atoms with E-state index in [2.05, 4.69) is 22.1 Å². The molecule has 20 heavy (non-hydrogen) atoms. The van der Waals surface area contributed by atoms with Gasteiger partial charge in [-0.05, 0) is 51.8 Å². The third-order valence-corrected chi connectivity index (χ3v) is 3.88. The van der Waals surface area contributed by atoms with Crippen molar-refractivity contribution in [2.45, 2.75) is 26.7 Å². The lowest BCUT2D eigenvalue weighted by Gasteiger charge is -2.30. The Hall–Kier alpha value is -1.69. The zero-order chi connectivity index (χ0) is 14.5. The van der Waals surface area contributed by atoms with Crippen LogP contribution in [0, 0.1) is 23.0 Å². The zero-order valence-electron chi connectivity index (χ0n) is 12.1. The molecule has 0 bridgehead atoms. The molecule has 0 unspecified atom stereocenters. The molecule has 1 fully saturated rings. The fraction of sp³-hybridized carbons (Fsp3) is 0.643. The molecule has 0 radical (unpaired) electrons. The van der Waals surface area contributed by atoms with Crippen LogP contribution in [0.1, 0.15) is 25.5 Å². The molecule has 0 aromatic carbocycles. The van der Waals surface area contributed by atoms with Crippen LogP contribution in [0.4, 0.5) is 11.5 Å². The minimum atomic E-state index is -0.380. The summed E-state index contributed by atoms with van der Waals surface area (Å²) in [6.45, 7) is 7.79. The molecule has 1 aliphatic rings. The number of nitrogens with one attached hydrogen (secondary N) is 1. The fourth-order valence-corrected chi connectivity index (χ4v) is 2.67. The van der Waals surface area contributed by atoms with E-state index in [0.29, 0.717) is 11.6 Å². The van der Waals surface area contributed by atoms with Crippen molar-refractivity contribution < 1.29 is 4.92 Å². The lowest BCUT2D eigenvalue weighted by molar-refractivity contribution is -0.385. The average Bonchev–Trinajstić information content (AvgIpc) is 2.45. The van der Waals surface area contributed by atoms with Crippen molar-refractivity contribution in [1.29, 1.82) is 0 Å². The van der Waals surface area contributed by atoms with Crippen molar-refractivity contribution in [1.82, 2.24) is 10.3 Å². The number of hydrogen-bond acceptors (Lipinski definition) is 5. The summed E-state index contributed by atoms with van der Waals surface area (Å²) in [7, 11) is 0. The normalized spacial score (nSPS) is 16.1. The van der Waals surface area contributed by atoms with E-state index in [4.69, 9.17) is 0 Å². The van der Waals surface area contributed by atoms with Gasteiger partial charge in [-0.2, -0.15) is 0 Å². The lowest BCUT2D eigenvalue weighted by atomic mass is 9.97. The Kier molecular flexibility index (Phi) is 4.89. The van der Waals surface area contributed by atoms with Crippen LogP contribution in [0.25, 0.3) is 0 Å². The molecule has 1 saturated heterocycles. The number of nitrogens with zero attached hydrogens (tertiary/aromatic N) is 3. The third kappa shape index (κ3) is 3.45. The number of pyridine rings is 1. The van der Waals surface area contributed by atoms with Crippen molar-refractivity contribution in [3.8, 4) is 0 Å². The predicted molar refractivity (Wildman–Crippen MR) is 79.1 cm³/mol. The Balaban J connectivity index is 2.10. The van der Waals surface area contributed by atoms with E-state index in [1.807, 2.05) is 0 Å². The van der Waals surface area contributed by atoms with Gasteiger partial charge in [-0.25, -0.2) is 4.98 Å². The summed E-state index contributed by atoms with van der Waals surface area (Å²) in [4.78, 5) is 17.1. The van der Waals surface area contributed by atoms with Crippen LogP contribution in [-0.2, 0) is 0 Å². The van der Waals surface area contributed by atoms with Gasteiger partial charge in [-0.3, -0.25) is 10.1 Å². The number of hydrogen-bond donors (Lipinski definition) is 1. The van der Waals surface area contributed by atoms with E-state index >= 15 is 0 Å². The van der Waals surface area contributed by atoms with Gasteiger partial charge in [0.05, 0.1) is 4.92 Å². The standard InChI is InChI=1S/C14H22N4O2/c1-3-17(10-12-6-8-15-9-7-12)14-5-4-13(18(19)20)11(2)16-14/h4-5,12,15H,3,6-10H2,1-2H3. The average molecular weight is 278 g/mol. The van der Waals surface area contributed by atoms with E-state index in [9.17, 15) is 10.1 Å². The number of aryl methyl sites for hydroxylation is 1. The summed E-state index contributed by atoms with van der Waals surface area (Å²) in [6.07, 6.45) is 2.37. The van der Waals surface area contributed by atoms with Gasteiger partial charge in [0, 0.05) is 19.2 Å². The number of anilines is 1. The summed E-state index contributed by atoms with van der Waals surface area (Å²) in [5.74, 6) is 1.52. The van der Waals surface area contributed by atoms with E-state index in [1.165, 1.54) is 12.8 Å². The Labute approximate surface area is 119 Å². The topological polar surface area (TPSA) is 71.3 Å². The number of nitro groups is 1. The quantitative estimate of drug-likeness (QED) is 0.660. The monoisotopic (exact) mass is 278 g/mol. The fourth-order valence-electron chi connectivity index (χ4n) is 2.67. The Morgan fingerprint density at radius 3 is 2.70 bits per heavy atom. The summed E-state index contributed by atoms with van der Waals surface area (Å²) in [6, 6.07) is 3.32. The van der Waals surface area contributed by atoms with Gasteiger partial charge in [-0.15, -0.1) is 0 Å². The van der Waals surface area contributed by atoms with E-state index in [0.717, 1.165) is 32.0 Å². The van der Waals surface area contributed by atoms with Crippen LogP contribution in [-0.4, -0.2) is 36.1 Å². The van der Waals surface area contributed by atoms with Crippen molar-refractivity contribution >= 4 is 11.5 Å². The molecule has 0 aliphatic carbocycles. The molecule has 0 amide bonds. The minimum Gasteiger partial charge on any atom is -0.357 e. The molecule has 6 heteroatoms. The Morgan fingerprint density at radius 1 is 1.45 bits per heavy atom. The van der Waals surface area contributed by atoms with Crippen LogP contribution in [0.3, 0.4) is 0 Å².